The lowest BCUT2D eigenvalue weighted by Crippen LogP contribution is -2.56. The fourth-order valence-electron chi connectivity index (χ4n) is 4.23. The van der Waals surface area contributed by atoms with Crippen LogP contribution in [0.3, 0.4) is 0 Å². The molecule has 1 fully saturated rings. The van der Waals surface area contributed by atoms with Gasteiger partial charge in [0.15, 0.2) is 5.78 Å². The fraction of sp³-hybridized carbons (Fsp3) is 0.591. The number of ketones is 1. The van der Waals surface area contributed by atoms with Gasteiger partial charge in [-0.2, -0.15) is 0 Å². The predicted molar refractivity (Wildman–Crippen MR) is 107 cm³/mol. The first-order chi connectivity index (χ1) is 12.0. The number of hydrogen-bond donors (Lipinski definition) is 0. The molecule has 1 aromatic carbocycles. The molecule has 25 heavy (non-hydrogen) atoms. The lowest BCUT2D eigenvalue weighted by molar-refractivity contribution is -0.127. The zero-order valence-corrected chi connectivity index (χ0v) is 16.5. The van der Waals surface area contributed by atoms with E-state index in [1.807, 2.05) is 32.3 Å². The van der Waals surface area contributed by atoms with Crippen LogP contribution in [0.15, 0.2) is 36.9 Å². The van der Waals surface area contributed by atoms with Crippen molar-refractivity contribution in [1.82, 2.24) is 4.90 Å². The molecule has 3 heteroatoms. The zero-order chi connectivity index (χ0) is 18.3. The van der Waals surface area contributed by atoms with Crippen LogP contribution in [-0.4, -0.2) is 30.8 Å². The fourth-order valence-corrected chi connectivity index (χ4v) is 4.35. The van der Waals surface area contributed by atoms with E-state index in [-0.39, 0.29) is 11.5 Å². The van der Waals surface area contributed by atoms with Crippen molar-refractivity contribution in [2.45, 2.75) is 69.2 Å². The number of benzene rings is 1. The Kier molecular flexibility index (Phi) is 7.71. The standard InChI is InChI=1S/C22H32ClNO/c1-4-5-6-7-8-9-11-20(25)21(24(2)3)22(16-10-17-22)18-12-14-19(23)15-13-18/h4,12-15,21H,1,5-11,16-17H2,2-3H3. The van der Waals surface area contributed by atoms with Gasteiger partial charge in [0.1, 0.15) is 0 Å². The molecule has 138 valence electrons. The molecule has 0 aromatic heterocycles. The van der Waals surface area contributed by atoms with Gasteiger partial charge in [-0.15, -0.1) is 6.58 Å². The number of likely N-dealkylation sites (N-methyl/N-ethyl adjacent to an activating group) is 1. The number of hydrogen-bond acceptors (Lipinski definition) is 2. The highest BCUT2D eigenvalue weighted by molar-refractivity contribution is 6.30. The van der Waals surface area contributed by atoms with E-state index in [0.717, 1.165) is 37.1 Å². The van der Waals surface area contributed by atoms with Crippen LogP contribution in [-0.2, 0) is 10.2 Å². The van der Waals surface area contributed by atoms with Crippen LogP contribution >= 0.6 is 11.6 Å². The van der Waals surface area contributed by atoms with E-state index in [1.165, 1.54) is 24.8 Å². The minimum atomic E-state index is -0.0337. The first kappa shape index (κ1) is 20.2. The molecular formula is C22H32ClNO. The molecule has 0 heterocycles. The van der Waals surface area contributed by atoms with E-state index in [9.17, 15) is 4.79 Å². The van der Waals surface area contributed by atoms with Gasteiger partial charge in [0.2, 0.25) is 0 Å². The van der Waals surface area contributed by atoms with E-state index in [4.69, 9.17) is 11.6 Å². The molecule has 0 bridgehead atoms. The smallest absolute Gasteiger partial charge is 0.150 e. The van der Waals surface area contributed by atoms with Crippen molar-refractivity contribution in [2.75, 3.05) is 14.1 Å². The molecule has 1 atom stereocenters. The Morgan fingerprint density at radius 3 is 2.36 bits per heavy atom. The molecule has 0 radical (unpaired) electrons. The van der Waals surface area contributed by atoms with Gasteiger partial charge in [-0.1, -0.05) is 49.1 Å². The predicted octanol–water partition coefficient (Wildman–Crippen LogP) is 5.79. The molecule has 0 saturated heterocycles. The molecule has 1 aromatic rings. The number of Topliss-reactive ketones (excluding diaryl/α,β-unsaturated/α-hetero) is 1. The second-order valence-electron chi connectivity index (χ2n) is 7.59. The van der Waals surface area contributed by atoms with Crippen LogP contribution in [0.2, 0.25) is 5.02 Å². The van der Waals surface area contributed by atoms with Crippen molar-refractivity contribution >= 4 is 17.4 Å². The van der Waals surface area contributed by atoms with Crippen molar-refractivity contribution in [3.63, 3.8) is 0 Å². The lowest BCUT2D eigenvalue weighted by atomic mass is 9.58. The van der Waals surface area contributed by atoms with E-state index in [0.29, 0.717) is 12.2 Å². The molecule has 0 aliphatic heterocycles. The van der Waals surface area contributed by atoms with E-state index >= 15 is 0 Å². The SMILES string of the molecule is C=CCCCCCCC(=O)C(N(C)C)C1(c2ccc(Cl)cc2)CCC1. The molecule has 1 unspecified atom stereocenters. The van der Waals surface area contributed by atoms with Crippen LogP contribution in [0.1, 0.15) is 63.4 Å². The second-order valence-corrected chi connectivity index (χ2v) is 8.03. The van der Waals surface area contributed by atoms with Crippen LogP contribution in [0.5, 0.6) is 0 Å². The maximum Gasteiger partial charge on any atom is 0.150 e. The number of allylic oxidation sites excluding steroid dienone is 1. The Morgan fingerprint density at radius 2 is 1.84 bits per heavy atom. The van der Waals surface area contributed by atoms with Gasteiger partial charge in [0.25, 0.3) is 0 Å². The summed E-state index contributed by atoms with van der Waals surface area (Å²) in [5.41, 5.74) is 1.23. The highest BCUT2D eigenvalue weighted by Crippen LogP contribution is 2.48. The largest absolute Gasteiger partial charge is 0.299 e. The summed E-state index contributed by atoms with van der Waals surface area (Å²) in [4.78, 5) is 15.2. The minimum Gasteiger partial charge on any atom is -0.299 e. The topological polar surface area (TPSA) is 20.3 Å². The number of halogens is 1. The summed E-state index contributed by atoms with van der Waals surface area (Å²) in [6.07, 6.45) is 11.6. The summed E-state index contributed by atoms with van der Waals surface area (Å²) < 4.78 is 0. The summed E-state index contributed by atoms with van der Waals surface area (Å²) in [5.74, 6) is 0.392. The summed E-state index contributed by atoms with van der Waals surface area (Å²) in [7, 11) is 4.09. The van der Waals surface area contributed by atoms with Crippen LogP contribution < -0.4 is 0 Å². The van der Waals surface area contributed by atoms with E-state index in [2.05, 4.69) is 23.6 Å². The average Bonchev–Trinajstić information content (AvgIpc) is 2.54. The number of unbranched alkanes of at least 4 members (excludes halogenated alkanes) is 4. The minimum absolute atomic E-state index is 0.0319. The Morgan fingerprint density at radius 1 is 1.20 bits per heavy atom. The first-order valence-electron chi connectivity index (χ1n) is 9.57. The van der Waals surface area contributed by atoms with Crippen LogP contribution in [0.4, 0.5) is 0 Å². The monoisotopic (exact) mass is 361 g/mol. The number of carbonyl (C=O) groups is 1. The molecule has 1 aliphatic carbocycles. The highest BCUT2D eigenvalue weighted by atomic mass is 35.5. The van der Waals surface area contributed by atoms with E-state index < -0.39 is 0 Å². The number of rotatable bonds is 11. The van der Waals surface area contributed by atoms with Crippen molar-refractivity contribution < 1.29 is 4.79 Å². The third-order valence-corrected chi connectivity index (χ3v) is 5.84. The van der Waals surface area contributed by atoms with E-state index in [1.54, 1.807) is 0 Å². The molecule has 2 nitrogen and oxygen atoms in total. The maximum atomic E-state index is 13.1. The molecule has 0 N–H and O–H groups in total. The van der Waals surface area contributed by atoms with Crippen molar-refractivity contribution in [2.24, 2.45) is 0 Å². The zero-order valence-electron chi connectivity index (χ0n) is 15.8. The van der Waals surface area contributed by atoms with Gasteiger partial charge in [-0.05, 0) is 63.9 Å². The summed E-state index contributed by atoms with van der Waals surface area (Å²) in [6, 6.07) is 8.10. The molecule has 0 amide bonds. The Labute approximate surface area is 158 Å². The number of carbonyl (C=O) groups excluding carboxylic acids is 1. The quantitative estimate of drug-likeness (QED) is 0.367. The summed E-state index contributed by atoms with van der Waals surface area (Å²) >= 11 is 6.06. The third-order valence-electron chi connectivity index (χ3n) is 5.59. The average molecular weight is 362 g/mol. The van der Waals surface area contributed by atoms with Crippen molar-refractivity contribution in [3.8, 4) is 0 Å². The van der Waals surface area contributed by atoms with Crippen molar-refractivity contribution in [3.05, 3.63) is 47.5 Å². The van der Waals surface area contributed by atoms with Gasteiger partial charge in [0.05, 0.1) is 6.04 Å². The maximum absolute atomic E-state index is 13.1. The number of nitrogens with zero attached hydrogens (tertiary/aromatic N) is 1. The van der Waals surface area contributed by atoms with Crippen molar-refractivity contribution in [1.29, 1.82) is 0 Å². The van der Waals surface area contributed by atoms with Gasteiger partial charge < -0.3 is 0 Å². The Hall–Kier alpha value is -1.12. The normalized spacial score (nSPS) is 17.1. The first-order valence-corrected chi connectivity index (χ1v) is 9.95. The molecule has 1 aliphatic rings. The second kappa shape index (κ2) is 9.54. The van der Waals surface area contributed by atoms with Crippen LogP contribution in [0, 0.1) is 0 Å². The molecule has 2 rings (SSSR count). The Balaban J connectivity index is 2.03. The van der Waals surface area contributed by atoms with Gasteiger partial charge >= 0.3 is 0 Å². The third kappa shape index (κ3) is 4.95. The summed E-state index contributed by atoms with van der Waals surface area (Å²) in [5, 5.41) is 0.755. The summed E-state index contributed by atoms with van der Waals surface area (Å²) in [6.45, 7) is 3.76. The highest BCUT2D eigenvalue weighted by Gasteiger charge is 2.49. The van der Waals surface area contributed by atoms with Gasteiger partial charge in [-0.25, -0.2) is 0 Å². The molecule has 0 spiro atoms. The molecular weight excluding hydrogens is 330 g/mol. The Bertz CT molecular complexity index is 560. The van der Waals surface area contributed by atoms with Gasteiger partial charge in [0, 0.05) is 16.9 Å². The lowest BCUT2D eigenvalue weighted by Gasteiger charge is -2.50. The molecule has 1 saturated carbocycles. The van der Waals surface area contributed by atoms with Gasteiger partial charge in [-0.3, -0.25) is 9.69 Å². The van der Waals surface area contributed by atoms with Crippen LogP contribution in [0.25, 0.3) is 0 Å².